The summed E-state index contributed by atoms with van der Waals surface area (Å²) in [4.78, 5) is 17.7. The lowest BCUT2D eigenvalue weighted by Crippen LogP contribution is -2.43. The molecule has 0 spiro atoms. The molecule has 1 fully saturated rings. The van der Waals surface area contributed by atoms with Gasteiger partial charge < -0.3 is 5.11 Å². The van der Waals surface area contributed by atoms with Crippen LogP contribution in [0.2, 0.25) is 0 Å². The fraction of sp³-hybridized carbons (Fsp3) is 0.185. The Morgan fingerprint density at radius 1 is 1.00 bits per heavy atom. The van der Waals surface area contributed by atoms with Crippen molar-refractivity contribution in [3.8, 4) is 11.1 Å². The van der Waals surface area contributed by atoms with E-state index in [4.69, 9.17) is 0 Å². The van der Waals surface area contributed by atoms with E-state index >= 15 is 0 Å². The van der Waals surface area contributed by atoms with E-state index in [1.165, 1.54) is 29.3 Å². The van der Waals surface area contributed by atoms with Gasteiger partial charge in [-0.15, -0.1) is 0 Å². The molecule has 0 saturated carbocycles. The molecular weight excluding hydrogens is 481 g/mol. The van der Waals surface area contributed by atoms with E-state index in [-0.39, 0.29) is 23.3 Å². The van der Waals surface area contributed by atoms with Crippen LogP contribution in [0.5, 0.6) is 0 Å². The molecule has 0 bridgehead atoms. The summed E-state index contributed by atoms with van der Waals surface area (Å²) < 4.78 is 42.0. The smallest absolute Gasteiger partial charge is 0.408 e. The molecule has 4 aromatic rings. The first-order valence-corrected chi connectivity index (χ1v) is 13.0. The van der Waals surface area contributed by atoms with Crippen LogP contribution in [-0.4, -0.2) is 42.1 Å². The second-order valence-electron chi connectivity index (χ2n) is 8.77. The normalized spacial score (nSPS) is 18.0. The van der Waals surface area contributed by atoms with E-state index in [1.54, 1.807) is 36.5 Å². The van der Waals surface area contributed by atoms with Gasteiger partial charge in [0.15, 0.2) is 0 Å². The van der Waals surface area contributed by atoms with Gasteiger partial charge in [0.1, 0.15) is 5.82 Å². The Hall–Kier alpha value is -3.82. The zero-order valence-corrected chi connectivity index (χ0v) is 20.0. The van der Waals surface area contributed by atoms with Crippen molar-refractivity contribution in [2.24, 2.45) is 0 Å². The Bertz CT molecular complexity index is 1500. The standard InChI is InChI=1S/C27H24FN3O4S/c28-22-10-8-19(9-11-22)18-4-6-20(7-5-18)25-13-12-23(31(25)27(32)33)17-30-36(34,35)26-3-1-2-21-16-29-15-14-24(21)26/h1-11,14-16,23,25,30H,12-13,17H2,(H,32,33)/t23-,25?/m0/s1. The topological polar surface area (TPSA) is 99.6 Å². The number of nitrogens with zero attached hydrogens (tertiary/aromatic N) is 2. The lowest BCUT2D eigenvalue weighted by Gasteiger charge is -2.28. The lowest BCUT2D eigenvalue weighted by molar-refractivity contribution is 0.122. The Labute approximate surface area is 208 Å². The van der Waals surface area contributed by atoms with E-state index in [2.05, 4.69) is 9.71 Å². The van der Waals surface area contributed by atoms with Crippen molar-refractivity contribution in [2.75, 3.05) is 6.54 Å². The van der Waals surface area contributed by atoms with E-state index in [1.807, 2.05) is 24.3 Å². The monoisotopic (exact) mass is 505 g/mol. The summed E-state index contributed by atoms with van der Waals surface area (Å²) in [5.41, 5.74) is 2.59. The number of pyridine rings is 1. The predicted molar refractivity (Wildman–Crippen MR) is 134 cm³/mol. The third-order valence-electron chi connectivity index (χ3n) is 6.64. The minimum Gasteiger partial charge on any atom is -0.465 e. The van der Waals surface area contributed by atoms with Crippen molar-refractivity contribution in [3.05, 3.63) is 96.6 Å². The maximum Gasteiger partial charge on any atom is 0.408 e. The van der Waals surface area contributed by atoms with Gasteiger partial charge in [0, 0.05) is 35.8 Å². The summed E-state index contributed by atoms with van der Waals surface area (Å²) in [6.45, 7) is -0.0275. The zero-order chi connectivity index (χ0) is 25.3. The Morgan fingerprint density at radius 2 is 1.69 bits per heavy atom. The number of aromatic nitrogens is 1. The lowest BCUT2D eigenvalue weighted by atomic mass is 9.99. The molecule has 0 aliphatic carbocycles. The average molecular weight is 506 g/mol. The van der Waals surface area contributed by atoms with Crippen molar-refractivity contribution in [3.63, 3.8) is 0 Å². The third kappa shape index (κ3) is 4.67. The Balaban J connectivity index is 1.33. The first-order valence-electron chi connectivity index (χ1n) is 11.5. The molecule has 2 N–H and O–H groups in total. The summed E-state index contributed by atoms with van der Waals surface area (Å²) >= 11 is 0. The number of rotatable bonds is 6. The van der Waals surface area contributed by atoms with Crippen LogP contribution in [0.4, 0.5) is 9.18 Å². The molecule has 1 amide bonds. The maximum absolute atomic E-state index is 13.2. The number of hydrogen-bond acceptors (Lipinski definition) is 4. The first kappa shape index (κ1) is 23.9. The number of carbonyl (C=O) groups is 1. The largest absolute Gasteiger partial charge is 0.465 e. The SMILES string of the molecule is O=C(O)N1C(c2ccc(-c3ccc(F)cc3)cc2)CC[C@H]1CNS(=O)(=O)c1cccc2cnccc12. The van der Waals surface area contributed by atoms with E-state index in [9.17, 15) is 22.7 Å². The van der Waals surface area contributed by atoms with Crippen LogP contribution in [-0.2, 0) is 10.0 Å². The number of halogens is 1. The summed E-state index contributed by atoms with van der Waals surface area (Å²) in [7, 11) is -3.87. The minimum atomic E-state index is -3.87. The number of amides is 1. The van der Waals surface area contributed by atoms with Crippen LogP contribution >= 0.6 is 0 Å². The van der Waals surface area contributed by atoms with Gasteiger partial charge in [0.2, 0.25) is 10.0 Å². The molecule has 184 valence electrons. The molecule has 1 aliphatic heterocycles. The molecule has 1 aliphatic rings. The highest BCUT2D eigenvalue weighted by Gasteiger charge is 2.38. The summed E-state index contributed by atoms with van der Waals surface area (Å²) in [6, 6.07) is 19.4. The van der Waals surface area contributed by atoms with Gasteiger partial charge in [-0.1, -0.05) is 48.5 Å². The van der Waals surface area contributed by atoms with E-state index < -0.39 is 22.2 Å². The van der Waals surface area contributed by atoms with Crippen LogP contribution in [0.15, 0.2) is 90.1 Å². The highest BCUT2D eigenvalue weighted by atomic mass is 32.2. The van der Waals surface area contributed by atoms with Crippen LogP contribution in [0, 0.1) is 5.82 Å². The number of fused-ring (bicyclic) bond motifs is 1. The van der Waals surface area contributed by atoms with Crippen LogP contribution in [0.3, 0.4) is 0 Å². The van der Waals surface area contributed by atoms with Gasteiger partial charge in [-0.2, -0.15) is 0 Å². The highest BCUT2D eigenvalue weighted by molar-refractivity contribution is 7.89. The number of hydrogen-bond donors (Lipinski definition) is 2. The fourth-order valence-electron chi connectivity index (χ4n) is 4.85. The van der Waals surface area contributed by atoms with Crippen LogP contribution in [0.25, 0.3) is 21.9 Å². The number of nitrogens with one attached hydrogen (secondary N) is 1. The minimum absolute atomic E-state index is 0.0275. The number of sulfonamides is 1. The summed E-state index contributed by atoms with van der Waals surface area (Å²) in [5, 5.41) is 11.2. The highest BCUT2D eigenvalue weighted by Crippen LogP contribution is 2.37. The number of likely N-dealkylation sites (tertiary alicyclic amines) is 1. The molecule has 1 aromatic heterocycles. The quantitative estimate of drug-likeness (QED) is 0.375. The van der Waals surface area contributed by atoms with Gasteiger partial charge >= 0.3 is 6.09 Å². The summed E-state index contributed by atoms with van der Waals surface area (Å²) in [5.74, 6) is -0.308. The first-order chi connectivity index (χ1) is 17.3. The van der Waals surface area contributed by atoms with E-state index in [0.29, 0.717) is 23.6 Å². The van der Waals surface area contributed by atoms with Crippen molar-refractivity contribution in [1.29, 1.82) is 0 Å². The molecule has 0 radical (unpaired) electrons. The van der Waals surface area contributed by atoms with Crippen molar-refractivity contribution in [2.45, 2.75) is 29.8 Å². The Kier molecular flexibility index (Phi) is 6.42. The molecule has 7 nitrogen and oxygen atoms in total. The van der Waals surface area contributed by atoms with E-state index in [0.717, 1.165) is 16.7 Å². The van der Waals surface area contributed by atoms with Crippen molar-refractivity contribution in [1.82, 2.24) is 14.6 Å². The van der Waals surface area contributed by atoms with Gasteiger partial charge in [-0.05, 0) is 53.8 Å². The van der Waals surface area contributed by atoms with Crippen LogP contribution < -0.4 is 4.72 Å². The molecule has 1 unspecified atom stereocenters. The predicted octanol–water partition coefficient (Wildman–Crippen LogP) is 5.20. The molecule has 9 heteroatoms. The van der Waals surface area contributed by atoms with Gasteiger partial charge in [0.25, 0.3) is 0 Å². The molecular formula is C27H24FN3O4S. The average Bonchev–Trinajstić information content (AvgIpc) is 3.32. The van der Waals surface area contributed by atoms with Crippen LogP contribution in [0.1, 0.15) is 24.4 Å². The molecule has 2 heterocycles. The second kappa shape index (κ2) is 9.67. The van der Waals surface area contributed by atoms with Gasteiger partial charge in [-0.25, -0.2) is 22.3 Å². The second-order valence-corrected chi connectivity index (χ2v) is 10.5. The number of carboxylic acid groups (broad SMARTS) is 1. The molecule has 3 aromatic carbocycles. The molecule has 2 atom stereocenters. The maximum atomic E-state index is 13.2. The van der Waals surface area contributed by atoms with Crippen molar-refractivity contribution < 1.29 is 22.7 Å². The number of benzene rings is 3. The summed E-state index contributed by atoms with van der Waals surface area (Å²) in [6.07, 6.45) is 3.15. The molecule has 5 rings (SSSR count). The zero-order valence-electron chi connectivity index (χ0n) is 19.2. The van der Waals surface area contributed by atoms with Crippen molar-refractivity contribution >= 4 is 26.9 Å². The fourth-order valence-corrected chi connectivity index (χ4v) is 6.15. The van der Waals surface area contributed by atoms with Gasteiger partial charge in [0.05, 0.1) is 10.9 Å². The molecule has 36 heavy (non-hydrogen) atoms. The third-order valence-corrected chi connectivity index (χ3v) is 8.12. The van der Waals surface area contributed by atoms with Gasteiger partial charge in [-0.3, -0.25) is 9.88 Å². The molecule has 1 saturated heterocycles. The Morgan fingerprint density at radius 3 is 2.39 bits per heavy atom.